The standard InChI is InChI=1S/C13H12IN3O2S2/c1-7-12(20-6-10(15)18)21-13(16-7)17-11(19)8-2-4-9(14)5-3-8/h2-5H,6H2,1H3,(H2,15,18)(H,16,17,19). The molecule has 5 nitrogen and oxygen atoms in total. The van der Waals surface area contributed by atoms with Gasteiger partial charge in [-0.3, -0.25) is 14.9 Å². The van der Waals surface area contributed by atoms with Crippen LogP contribution < -0.4 is 11.1 Å². The number of nitrogens with two attached hydrogens (primary N) is 1. The van der Waals surface area contributed by atoms with Crippen molar-refractivity contribution in [1.82, 2.24) is 4.98 Å². The first kappa shape index (κ1) is 16.2. The van der Waals surface area contributed by atoms with E-state index < -0.39 is 0 Å². The number of amides is 2. The van der Waals surface area contributed by atoms with Gasteiger partial charge in [-0.2, -0.15) is 0 Å². The third-order valence-corrected chi connectivity index (χ3v) is 5.60. The minimum atomic E-state index is -0.378. The van der Waals surface area contributed by atoms with E-state index >= 15 is 0 Å². The fourth-order valence-electron chi connectivity index (χ4n) is 1.48. The van der Waals surface area contributed by atoms with Gasteiger partial charge in [-0.15, -0.1) is 11.8 Å². The zero-order chi connectivity index (χ0) is 15.4. The lowest BCUT2D eigenvalue weighted by Gasteiger charge is -2.01. The fraction of sp³-hybridized carbons (Fsp3) is 0.154. The summed E-state index contributed by atoms with van der Waals surface area (Å²) in [5.41, 5.74) is 6.48. The van der Waals surface area contributed by atoms with Crippen molar-refractivity contribution in [3.63, 3.8) is 0 Å². The van der Waals surface area contributed by atoms with Crippen LogP contribution in [-0.2, 0) is 4.79 Å². The van der Waals surface area contributed by atoms with Gasteiger partial charge in [-0.1, -0.05) is 11.3 Å². The number of anilines is 1. The number of halogens is 1. The number of aromatic nitrogens is 1. The van der Waals surface area contributed by atoms with Crippen LogP contribution in [0.3, 0.4) is 0 Å². The van der Waals surface area contributed by atoms with Crippen molar-refractivity contribution in [1.29, 1.82) is 0 Å². The van der Waals surface area contributed by atoms with Crippen LogP contribution in [0, 0.1) is 10.5 Å². The Morgan fingerprint density at radius 3 is 2.67 bits per heavy atom. The number of thiazole rings is 1. The molecular formula is C13H12IN3O2S2. The number of hydrogen-bond acceptors (Lipinski definition) is 5. The van der Waals surface area contributed by atoms with E-state index in [1.165, 1.54) is 23.1 Å². The molecule has 110 valence electrons. The van der Waals surface area contributed by atoms with Gasteiger partial charge >= 0.3 is 0 Å². The molecule has 21 heavy (non-hydrogen) atoms. The summed E-state index contributed by atoms with van der Waals surface area (Å²) in [4.78, 5) is 27.2. The lowest BCUT2D eigenvalue weighted by Crippen LogP contribution is -2.12. The Balaban J connectivity index is 2.05. The number of hydrogen-bond donors (Lipinski definition) is 2. The molecule has 2 rings (SSSR count). The minimum Gasteiger partial charge on any atom is -0.369 e. The van der Waals surface area contributed by atoms with E-state index in [9.17, 15) is 9.59 Å². The lowest BCUT2D eigenvalue weighted by atomic mass is 10.2. The highest BCUT2D eigenvalue weighted by molar-refractivity contribution is 14.1. The first-order chi connectivity index (χ1) is 9.95. The molecule has 1 heterocycles. The number of benzene rings is 1. The molecule has 0 radical (unpaired) electrons. The van der Waals surface area contributed by atoms with Crippen molar-refractivity contribution in [3.05, 3.63) is 39.1 Å². The molecule has 8 heteroatoms. The summed E-state index contributed by atoms with van der Waals surface area (Å²) in [5.74, 6) is -0.378. The Morgan fingerprint density at radius 1 is 1.38 bits per heavy atom. The highest BCUT2D eigenvalue weighted by atomic mass is 127. The van der Waals surface area contributed by atoms with Crippen molar-refractivity contribution in [2.24, 2.45) is 5.73 Å². The predicted octanol–water partition coefficient (Wildman–Crippen LogP) is 2.89. The minimum absolute atomic E-state index is 0.202. The van der Waals surface area contributed by atoms with Gasteiger partial charge < -0.3 is 5.73 Å². The zero-order valence-electron chi connectivity index (χ0n) is 11.1. The van der Waals surface area contributed by atoms with Crippen molar-refractivity contribution < 1.29 is 9.59 Å². The maximum absolute atomic E-state index is 12.1. The van der Waals surface area contributed by atoms with Crippen LogP contribution in [0.2, 0.25) is 0 Å². The molecule has 2 amide bonds. The highest BCUT2D eigenvalue weighted by Crippen LogP contribution is 2.32. The molecular weight excluding hydrogens is 421 g/mol. The zero-order valence-corrected chi connectivity index (χ0v) is 14.8. The van der Waals surface area contributed by atoms with Gasteiger partial charge in [0.2, 0.25) is 5.91 Å². The summed E-state index contributed by atoms with van der Waals surface area (Å²) in [6, 6.07) is 7.27. The van der Waals surface area contributed by atoms with Crippen LogP contribution in [0.15, 0.2) is 28.5 Å². The van der Waals surface area contributed by atoms with Crippen molar-refractivity contribution >= 4 is 62.6 Å². The number of carbonyl (C=O) groups is 2. The van der Waals surface area contributed by atoms with E-state index in [1.54, 1.807) is 12.1 Å². The number of nitrogens with zero attached hydrogens (tertiary/aromatic N) is 1. The summed E-state index contributed by atoms with van der Waals surface area (Å²) in [7, 11) is 0. The smallest absolute Gasteiger partial charge is 0.257 e. The van der Waals surface area contributed by atoms with Crippen LogP contribution in [-0.4, -0.2) is 22.6 Å². The van der Waals surface area contributed by atoms with Gasteiger partial charge in [0.05, 0.1) is 15.7 Å². The van der Waals surface area contributed by atoms with Gasteiger partial charge in [-0.05, 0) is 53.8 Å². The van der Waals surface area contributed by atoms with Crippen molar-refractivity contribution in [2.75, 3.05) is 11.1 Å². The average Bonchev–Trinajstić information content (AvgIpc) is 2.77. The number of rotatable bonds is 5. The monoisotopic (exact) mass is 433 g/mol. The molecule has 0 atom stereocenters. The summed E-state index contributed by atoms with van der Waals surface area (Å²) in [5, 5.41) is 3.28. The van der Waals surface area contributed by atoms with Crippen LogP contribution >= 0.6 is 45.7 Å². The number of nitrogens with one attached hydrogen (secondary N) is 1. The van der Waals surface area contributed by atoms with Crippen LogP contribution in [0.25, 0.3) is 0 Å². The second-order valence-electron chi connectivity index (χ2n) is 4.11. The second-order valence-corrected chi connectivity index (χ2v) is 7.60. The van der Waals surface area contributed by atoms with E-state index in [-0.39, 0.29) is 17.6 Å². The molecule has 0 aliphatic rings. The van der Waals surface area contributed by atoms with E-state index in [4.69, 9.17) is 5.73 Å². The summed E-state index contributed by atoms with van der Waals surface area (Å²) >= 11 is 4.85. The molecule has 0 aliphatic carbocycles. The molecule has 1 aromatic carbocycles. The Bertz CT molecular complexity index is 671. The van der Waals surface area contributed by atoms with Gasteiger partial charge in [0.25, 0.3) is 5.91 Å². The molecule has 2 aromatic rings. The molecule has 3 N–H and O–H groups in total. The summed E-state index contributed by atoms with van der Waals surface area (Å²) < 4.78 is 1.95. The Kier molecular flexibility index (Phi) is 5.59. The normalized spacial score (nSPS) is 10.4. The van der Waals surface area contributed by atoms with Gasteiger partial charge in [0.1, 0.15) is 0 Å². The first-order valence-electron chi connectivity index (χ1n) is 5.91. The number of primary amides is 1. The maximum atomic E-state index is 12.1. The second kappa shape index (κ2) is 7.23. The molecule has 0 unspecified atom stereocenters. The van der Waals surface area contributed by atoms with Gasteiger partial charge in [0, 0.05) is 9.13 Å². The topological polar surface area (TPSA) is 85.1 Å². The van der Waals surface area contributed by atoms with Crippen molar-refractivity contribution in [2.45, 2.75) is 11.1 Å². The third-order valence-electron chi connectivity index (χ3n) is 2.43. The molecule has 0 saturated heterocycles. The largest absolute Gasteiger partial charge is 0.369 e. The third kappa shape index (κ3) is 4.68. The summed E-state index contributed by atoms with van der Waals surface area (Å²) in [6.07, 6.45) is 0. The fourth-order valence-corrected chi connectivity index (χ4v) is 3.71. The highest BCUT2D eigenvalue weighted by Gasteiger charge is 2.12. The SMILES string of the molecule is Cc1nc(NC(=O)c2ccc(I)cc2)sc1SCC(N)=O. The number of thioether (sulfide) groups is 1. The maximum Gasteiger partial charge on any atom is 0.257 e. The van der Waals surface area contributed by atoms with Crippen LogP contribution in [0.5, 0.6) is 0 Å². The quantitative estimate of drug-likeness (QED) is 0.561. The van der Waals surface area contributed by atoms with Gasteiger partial charge in [-0.25, -0.2) is 4.98 Å². The Morgan fingerprint density at radius 2 is 2.05 bits per heavy atom. The molecule has 0 aliphatic heterocycles. The lowest BCUT2D eigenvalue weighted by molar-refractivity contribution is -0.115. The number of aryl methyl sites for hydroxylation is 1. The van der Waals surface area contributed by atoms with E-state index in [1.807, 2.05) is 19.1 Å². The number of carbonyl (C=O) groups excluding carboxylic acids is 2. The van der Waals surface area contributed by atoms with Crippen LogP contribution in [0.1, 0.15) is 16.1 Å². The first-order valence-corrected chi connectivity index (χ1v) is 8.79. The van der Waals surface area contributed by atoms with E-state index in [2.05, 4.69) is 32.9 Å². The van der Waals surface area contributed by atoms with E-state index in [0.29, 0.717) is 10.7 Å². The van der Waals surface area contributed by atoms with E-state index in [0.717, 1.165) is 13.5 Å². The van der Waals surface area contributed by atoms with Crippen molar-refractivity contribution in [3.8, 4) is 0 Å². The van der Waals surface area contributed by atoms with Crippen LogP contribution in [0.4, 0.5) is 5.13 Å². The molecule has 0 fully saturated rings. The predicted molar refractivity (Wildman–Crippen MR) is 93.9 cm³/mol. The average molecular weight is 433 g/mol. The molecule has 1 aromatic heterocycles. The molecule has 0 spiro atoms. The molecule has 0 saturated carbocycles. The Hall–Kier alpha value is -1.13. The Labute approximate surface area is 143 Å². The summed E-state index contributed by atoms with van der Waals surface area (Å²) in [6.45, 7) is 1.83. The molecule has 0 bridgehead atoms. The van der Waals surface area contributed by atoms with Gasteiger partial charge in [0.15, 0.2) is 5.13 Å².